The van der Waals surface area contributed by atoms with Crippen LogP contribution in [0.4, 0.5) is 9.52 Å². The first-order chi connectivity index (χ1) is 16.8. The minimum absolute atomic E-state index is 0.124. The molecular weight excluding hydrogens is 493 g/mol. The number of hydrogen-bond acceptors (Lipinski definition) is 8. The molecule has 1 aliphatic carbocycles. The van der Waals surface area contributed by atoms with E-state index in [1.165, 1.54) is 19.2 Å². The van der Waals surface area contributed by atoms with Gasteiger partial charge in [0.25, 0.3) is 5.91 Å². The molecule has 4 rings (SSSR count). The van der Waals surface area contributed by atoms with E-state index >= 15 is 0 Å². The molecule has 35 heavy (non-hydrogen) atoms. The van der Waals surface area contributed by atoms with Gasteiger partial charge in [0.1, 0.15) is 5.82 Å². The van der Waals surface area contributed by atoms with Gasteiger partial charge in [-0.3, -0.25) is 14.5 Å². The SMILES string of the molecule is CCc1cncc(-c2ccc(C(=O)NC(CCOC)c3csc(NS(=O)(=O)C4CC4)n3)c(F)c2)n1. The number of carbonyl (C=O) groups is 1. The predicted molar refractivity (Wildman–Crippen MR) is 131 cm³/mol. The highest BCUT2D eigenvalue weighted by Gasteiger charge is 2.36. The Hall–Kier alpha value is -2.96. The fourth-order valence-electron chi connectivity index (χ4n) is 3.42. The van der Waals surface area contributed by atoms with Crippen molar-refractivity contribution < 1.29 is 22.3 Å². The number of halogens is 1. The summed E-state index contributed by atoms with van der Waals surface area (Å²) in [6.45, 7) is 2.27. The molecule has 0 aliphatic heterocycles. The zero-order valence-electron chi connectivity index (χ0n) is 19.3. The number of amides is 1. The first kappa shape index (κ1) is 25.1. The second-order valence-electron chi connectivity index (χ2n) is 8.18. The van der Waals surface area contributed by atoms with E-state index in [1.807, 2.05) is 6.92 Å². The molecule has 0 bridgehead atoms. The fraction of sp³-hybridized carbons (Fsp3) is 0.391. The molecule has 186 valence electrons. The van der Waals surface area contributed by atoms with E-state index in [0.717, 1.165) is 17.0 Å². The lowest BCUT2D eigenvalue weighted by molar-refractivity contribution is 0.0919. The zero-order chi connectivity index (χ0) is 25.0. The van der Waals surface area contributed by atoms with Crippen molar-refractivity contribution in [3.63, 3.8) is 0 Å². The third-order valence-electron chi connectivity index (χ3n) is 5.54. The number of aryl methyl sites for hydroxylation is 1. The minimum atomic E-state index is -3.45. The van der Waals surface area contributed by atoms with E-state index in [4.69, 9.17) is 4.74 Å². The highest BCUT2D eigenvalue weighted by molar-refractivity contribution is 7.93. The Morgan fingerprint density at radius 3 is 2.77 bits per heavy atom. The van der Waals surface area contributed by atoms with Gasteiger partial charge in [0.15, 0.2) is 5.13 Å². The van der Waals surface area contributed by atoms with Gasteiger partial charge in [0.2, 0.25) is 10.0 Å². The summed E-state index contributed by atoms with van der Waals surface area (Å²) in [7, 11) is -1.91. The number of aromatic nitrogens is 3. The molecule has 1 atom stereocenters. The van der Waals surface area contributed by atoms with Crippen LogP contribution >= 0.6 is 11.3 Å². The van der Waals surface area contributed by atoms with Gasteiger partial charge in [-0.1, -0.05) is 13.0 Å². The number of nitrogens with zero attached hydrogens (tertiary/aromatic N) is 3. The lowest BCUT2D eigenvalue weighted by atomic mass is 10.1. The Kier molecular flexibility index (Phi) is 7.72. The summed E-state index contributed by atoms with van der Waals surface area (Å²) in [6.07, 6.45) is 5.56. The van der Waals surface area contributed by atoms with Crippen LogP contribution in [-0.2, 0) is 21.2 Å². The van der Waals surface area contributed by atoms with E-state index in [-0.39, 0.29) is 15.9 Å². The molecule has 12 heteroatoms. The molecule has 3 aromatic rings. The molecule has 1 saturated carbocycles. The number of hydrogen-bond donors (Lipinski definition) is 2. The number of carbonyl (C=O) groups excluding carboxylic acids is 1. The number of anilines is 1. The van der Waals surface area contributed by atoms with Gasteiger partial charge < -0.3 is 10.1 Å². The number of thiazole rings is 1. The fourth-order valence-corrected chi connectivity index (χ4v) is 5.78. The number of ether oxygens (including phenoxy) is 1. The van der Waals surface area contributed by atoms with Gasteiger partial charge in [0, 0.05) is 30.9 Å². The van der Waals surface area contributed by atoms with Gasteiger partial charge in [0.05, 0.1) is 40.1 Å². The van der Waals surface area contributed by atoms with Gasteiger partial charge in [-0.05, 0) is 37.8 Å². The number of benzene rings is 1. The molecular formula is C23H26FN5O4S2. The van der Waals surface area contributed by atoms with E-state index in [2.05, 4.69) is 25.0 Å². The van der Waals surface area contributed by atoms with Crippen molar-refractivity contribution in [3.8, 4) is 11.3 Å². The molecule has 0 spiro atoms. The monoisotopic (exact) mass is 519 g/mol. The molecule has 0 saturated heterocycles. The lowest BCUT2D eigenvalue weighted by Crippen LogP contribution is -2.30. The van der Waals surface area contributed by atoms with Crippen LogP contribution in [0, 0.1) is 5.82 Å². The van der Waals surface area contributed by atoms with E-state index in [9.17, 15) is 17.6 Å². The van der Waals surface area contributed by atoms with Crippen LogP contribution in [0.3, 0.4) is 0 Å². The Morgan fingerprint density at radius 1 is 1.29 bits per heavy atom. The van der Waals surface area contributed by atoms with Crippen molar-refractivity contribution in [1.82, 2.24) is 20.3 Å². The second kappa shape index (κ2) is 10.8. The number of rotatable bonds is 11. The molecule has 9 nitrogen and oxygen atoms in total. The van der Waals surface area contributed by atoms with Crippen LogP contribution in [0.1, 0.15) is 54.0 Å². The molecule has 2 N–H and O–H groups in total. The van der Waals surface area contributed by atoms with Crippen LogP contribution in [0.15, 0.2) is 36.0 Å². The topological polar surface area (TPSA) is 123 Å². The Labute approximate surface area is 207 Å². The summed E-state index contributed by atoms with van der Waals surface area (Å²) in [5, 5.41) is 4.32. The first-order valence-corrected chi connectivity index (χ1v) is 13.6. The van der Waals surface area contributed by atoms with Crippen molar-refractivity contribution in [2.45, 2.75) is 43.9 Å². The van der Waals surface area contributed by atoms with Crippen LogP contribution in [0.25, 0.3) is 11.3 Å². The Bertz CT molecular complexity index is 1310. The Morgan fingerprint density at radius 2 is 2.09 bits per heavy atom. The predicted octanol–water partition coefficient (Wildman–Crippen LogP) is 3.71. The second-order valence-corrected chi connectivity index (χ2v) is 11.0. The number of sulfonamides is 1. The smallest absolute Gasteiger partial charge is 0.254 e. The first-order valence-electron chi connectivity index (χ1n) is 11.2. The van der Waals surface area contributed by atoms with Crippen LogP contribution in [0.2, 0.25) is 0 Å². The lowest BCUT2D eigenvalue weighted by Gasteiger charge is -2.17. The maximum Gasteiger partial charge on any atom is 0.254 e. The normalized spacial score (nSPS) is 14.5. The molecule has 1 amide bonds. The summed E-state index contributed by atoms with van der Waals surface area (Å²) in [5.41, 5.74) is 2.17. The summed E-state index contributed by atoms with van der Waals surface area (Å²) in [4.78, 5) is 25.9. The van der Waals surface area contributed by atoms with Crippen molar-refractivity contribution in [2.24, 2.45) is 0 Å². The molecule has 2 heterocycles. The average Bonchev–Trinajstić information content (AvgIpc) is 3.62. The van der Waals surface area contributed by atoms with Gasteiger partial charge >= 0.3 is 0 Å². The maximum absolute atomic E-state index is 14.9. The summed E-state index contributed by atoms with van der Waals surface area (Å²) < 4.78 is 47.0. The largest absolute Gasteiger partial charge is 0.385 e. The zero-order valence-corrected chi connectivity index (χ0v) is 21.0. The molecule has 1 unspecified atom stereocenters. The van der Waals surface area contributed by atoms with Gasteiger partial charge in [-0.2, -0.15) is 0 Å². The molecule has 0 radical (unpaired) electrons. The van der Waals surface area contributed by atoms with Crippen molar-refractivity contribution >= 4 is 32.4 Å². The summed E-state index contributed by atoms with van der Waals surface area (Å²) in [6, 6.07) is 3.70. The van der Waals surface area contributed by atoms with Gasteiger partial charge in [-0.15, -0.1) is 11.3 Å². The molecule has 1 aliphatic rings. The maximum atomic E-state index is 14.9. The molecule has 1 aromatic carbocycles. The number of methoxy groups -OCH3 is 1. The third-order valence-corrected chi connectivity index (χ3v) is 8.28. The minimum Gasteiger partial charge on any atom is -0.385 e. The quantitative estimate of drug-likeness (QED) is 0.396. The molecule has 2 aromatic heterocycles. The van der Waals surface area contributed by atoms with E-state index in [1.54, 1.807) is 23.8 Å². The van der Waals surface area contributed by atoms with E-state index < -0.39 is 27.8 Å². The third kappa shape index (κ3) is 6.19. The number of nitrogens with one attached hydrogen (secondary N) is 2. The summed E-state index contributed by atoms with van der Waals surface area (Å²) in [5.74, 6) is -1.30. The highest BCUT2D eigenvalue weighted by Crippen LogP contribution is 2.31. The van der Waals surface area contributed by atoms with Crippen molar-refractivity contribution in [1.29, 1.82) is 0 Å². The van der Waals surface area contributed by atoms with Crippen molar-refractivity contribution in [2.75, 3.05) is 18.4 Å². The molecule has 1 fully saturated rings. The van der Waals surface area contributed by atoms with Gasteiger partial charge in [-0.25, -0.2) is 22.8 Å². The van der Waals surface area contributed by atoms with Crippen LogP contribution < -0.4 is 10.0 Å². The van der Waals surface area contributed by atoms with Crippen molar-refractivity contribution in [3.05, 3.63) is 58.7 Å². The Balaban J connectivity index is 1.50. The van der Waals surface area contributed by atoms with Crippen LogP contribution in [-0.4, -0.2) is 48.2 Å². The van der Waals surface area contributed by atoms with E-state index in [0.29, 0.717) is 49.2 Å². The summed E-state index contributed by atoms with van der Waals surface area (Å²) >= 11 is 1.13. The highest BCUT2D eigenvalue weighted by atomic mass is 32.2. The standard InChI is InChI=1S/C23H26FN5O4S2/c1-3-15-11-25-12-20(26-15)14-4-7-17(18(24)10-14)22(30)27-19(8-9-33-2)21-13-34-23(28-21)29-35(31,32)16-5-6-16/h4,7,10-13,16,19H,3,5-6,8-9H2,1-2H3,(H,27,30)(H,28,29). The van der Waals surface area contributed by atoms with Crippen LogP contribution in [0.5, 0.6) is 0 Å². The average molecular weight is 520 g/mol.